The number of aromatic amines is 1. The number of halogens is 1. The van der Waals surface area contributed by atoms with Gasteiger partial charge in [-0.05, 0) is 90.6 Å². The molecule has 1 atom stereocenters. The van der Waals surface area contributed by atoms with Gasteiger partial charge in [-0.15, -0.1) is 0 Å². The summed E-state index contributed by atoms with van der Waals surface area (Å²) in [6.45, 7) is 4.55. The SMILES string of the molecule is O=C(NS(=O)(=O)c1ccc(NCC2CCOCC2)c([N+](=O)[O-])c1)c1ccc(N2CCN(C(c3ccccc3)c3ccc(Cl)cc3)CC2)cc1Oc1ccc2[nH]ccc2c1. The maximum atomic E-state index is 13.9. The van der Waals surface area contributed by atoms with E-state index < -0.39 is 31.4 Å². The average Bonchev–Trinajstić information content (AvgIpc) is 3.73. The lowest BCUT2D eigenvalue weighted by Crippen LogP contribution is -2.48. The van der Waals surface area contributed by atoms with Gasteiger partial charge in [-0.25, -0.2) is 13.1 Å². The van der Waals surface area contributed by atoms with Crippen LogP contribution in [0.4, 0.5) is 17.1 Å². The Kier molecular flexibility index (Phi) is 11.8. The van der Waals surface area contributed by atoms with E-state index in [0.717, 1.165) is 54.2 Å². The number of rotatable bonds is 13. The van der Waals surface area contributed by atoms with Crippen molar-refractivity contribution in [3.63, 3.8) is 0 Å². The lowest BCUT2D eigenvalue weighted by molar-refractivity contribution is -0.384. The topological polar surface area (TPSA) is 159 Å². The number of piperazine rings is 1. The molecule has 1 aromatic heterocycles. The third kappa shape index (κ3) is 9.21. The van der Waals surface area contributed by atoms with Crippen molar-refractivity contribution in [3.05, 3.63) is 153 Å². The molecule has 3 N–H and O–H groups in total. The number of aromatic nitrogens is 1. The highest BCUT2D eigenvalue weighted by Gasteiger charge is 2.29. The number of nitro benzene ring substituents is 1. The van der Waals surface area contributed by atoms with E-state index in [0.29, 0.717) is 43.6 Å². The molecule has 2 aliphatic rings. The van der Waals surface area contributed by atoms with Gasteiger partial charge in [0, 0.05) is 85.9 Å². The van der Waals surface area contributed by atoms with E-state index in [-0.39, 0.29) is 29.0 Å². The molecule has 8 rings (SSSR count). The Balaban J connectivity index is 1.03. The van der Waals surface area contributed by atoms with Crippen molar-refractivity contribution in [2.45, 2.75) is 23.8 Å². The van der Waals surface area contributed by atoms with Crippen LogP contribution in [0.1, 0.15) is 40.4 Å². The number of carbonyl (C=O) groups excluding carboxylic acids is 1. The fourth-order valence-electron chi connectivity index (χ4n) is 7.75. The van der Waals surface area contributed by atoms with Crippen molar-refractivity contribution in [2.24, 2.45) is 5.92 Å². The number of carbonyl (C=O) groups is 1. The second-order valence-corrected chi connectivity index (χ2v) is 16.8. The summed E-state index contributed by atoms with van der Waals surface area (Å²) >= 11 is 6.25. The monoisotopic (exact) mass is 834 g/mol. The third-order valence-corrected chi connectivity index (χ3v) is 12.5. The van der Waals surface area contributed by atoms with Crippen molar-refractivity contribution >= 4 is 55.5 Å². The molecule has 0 aliphatic carbocycles. The summed E-state index contributed by atoms with van der Waals surface area (Å²) in [6, 6.07) is 34.3. The predicted molar refractivity (Wildman–Crippen MR) is 228 cm³/mol. The van der Waals surface area contributed by atoms with Gasteiger partial charge in [0.25, 0.3) is 21.6 Å². The first kappa shape index (κ1) is 39.9. The molecule has 0 spiro atoms. The molecule has 1 amide bonds. The van der Waals surface area contributed by atoms with E-state index in [1.54, 1.807) is 24.3 Å². The first-order valence-corrected chi connectivity index (χ1v) is 21.3. The second-order valence-electron chi connectivity index (χ2n) is 14.7. The van der Waals surface area contributed by atoms with Crippen LogP contribution >= 0.6 is 11.6 Å². The van der Waals surface area contributed by atoms with Crippen LogP contribution in [0.2, 0.25) is 5.02 Å². The Morgan fingerprint density at radius 3 is 2.39 bits per heavy atom. The minimum atomic E-state index is -4.55. The van der Waals surface area contributed by atoms with Crippen LogP contribution in [0.5, 0.6) is 11.5 Å². The van der Waals surface area contributed by atoms with Crippen LogP contribution in [0.15, 0.2) is 126 Å². The number of benzene rings is 5. The number of hydrogen-bond acceptors (Lipinski definition) is 10. The van der Waals surface area contributed by atoms with Crippen LogP contribution in [-0.2, 0) is 14.8 Å². The van der Waals surface area contributed by atoms with E-state index in [1.165, 1.54) is 17.7 Å². The van der Waals surface area contributed by atoms with Gasteiger partial charge < -0.3 is 24.7 Å². The number of amides is 1. The number of nitrogens with zero attached hydrogens (tertiary/aromatic N) is 3. The Hall–Kier alpha value is -5.93. The molecular formula is C44H43ClN6O7S. The Labute approximate surface area is 347 Å². The first-order chi connectivity index (χ1) is 28.6. The number of nitro groups is 1. The largest absolute Gasteiger partial charge is 0.456 e. The minimum absolute atomic E-state index is 0.0249. The molecule has 5 aromatic carbocycles. The molecule has 0 radical (unpaired) electrons. The average molecular weight is 835 g/mol. The molecule has 15 heteroatoms. The van der Waals surface area contributed by atoms with E-state index in [9.17, 15) is 23.3 Å². The predicted octanol–water partition coefficient (Wildman–Crippen LogP) is 8.39. The molecule has 59 heavy (non-hydrogen) atoms. The van der Waals surface area contributed by atoms with Crippen molar-refractivity contribution < 1.29 is 27.6 Å². The lowest BCUT2D eigenvalue weighted by Gasteiger charge is -2.40. The minimum Gasteiger partial charge on any atom is -0.456 e. The summed E-state index contributed by atoms with van der Waals surface area (Å²) in [5.74, 6) is -0.0776. The molecule has 2 fully saturated rings. The van der Waals surface area contributed by atoms with Gasteiger partial charge >= 0.3 is 0 Å². The van der Waals surface area contributed by atoms with Crippen LogP contribution in [0.25, 0.3) is 10.9 Å². The standard InChI is InChI=1S/C44H43ClN6O7S/c45-34-8-6-32(7-9-34)43(31-4-2-1-3-5-31)50-22-20-49(21-23-50)35-10-13-38(42(27-35)58-36-11-14-39-33(26-36)16-19-46-39)44(52)48-59(55,56)37-12-15-40(41(28-37)51(53)54)47-29-30-17-24-57-25-18-30/h1-16,19,26-28,30,43,46-47H,17-18,20-25,29H2,(H,48,52). The molecule has 0 saturated carbocycles. The van der Waals surface area contributed by atoms with E-state index in [4.69, 9.17) is 21.1 Å². The van der Waals surface area contributed by atoms with Gasteiger partial charge in [0.2, 0.25) is 0 Å². The second kappa shape index (κ2) is 17.5. The van der Waals surface area contributed by atoms with Crippen LogP contribution in [-0.4, -0.2) is 75.1 Å². The Morgan fingerprint density at radius 2 is 1.64 bits per heavy atom. The maximum absolute atomic E-state index is 13.9. The van der Waals surface area contributed by atoms with Gasteiger partial charge in [-0.2, -0.15) is 0 Å². The zero-order valence-corrected chi connectivity index (χ0v) is 33.6. The molecular weight excluding hydrogens is 792 g/mol. The van der Waals surface area contributed by atoms with Crippen LogP contribution < -0.4 is 19.7 Å². The van der Waals surface area contributed by atoms with Gasteiger partial charge in [0.1, 0.15) is 17.2 Å². The molecule has 3 heterocycles. The third-order valence-electron chi connectivity index (χ3n) is 10.9. The highest BCUT2D eigenvalue weighted by molar-refractivity contribution is 7.90. The normalized spacial score (nSPS) is 15.8. The molecule has 13 nitrogen and oxygen atoms in total. The summed E-state index contributed by atoms with van der Waals surface area (Å²) in [6.07, 6.45) is 3.46. The number of ether oxygens (including phenoxy) is 2. The molecule has 1 unspecified atom stereocenters. The number of H-pyrrole nitrogens is 1. The number of nitrogens with one attached hydrogen (secondary N) is 3. The quantitative estimate of drug-likeness (QED) is 0.0762. The first-order valence-electron chi connectivity index (χ1n) is 19.5. The van der Waals surface area contributed by atoms with Crippen molar-refractivity contribution in [1.82, 2.24) is 14.6 Å². The van der Waals surface area contributed by atoms with Crippen molar-refractivity contribution in [3.8, 4) is 11.5 Å². The summed E-state index contributed by atoms with van der Waals surface area (Å²) in [5, 5.41) is 16.7. The molecule has 304 valence electrons. The Morgan fingerprint density at radius 1 is 0.898 bits per heavy atom. The van der Waals surface area contributed by atoms with E-state index in [1.807, 2.05) is 54.7 Å². The highest BCUT2D eigenvalue weighted by Crippen LogP contribution is 2.35. The van der Waals surface area contributed by atoms with E-state index >= 15 is 0 Å². The fraction of sp³-hybridized carbons (Fsp3) is 0.250. The van der Waals surface area contributed by atoms with Crippen molar-refractivity contribution in [2.75, 3.05) is 56.2 Å². The van der Waals surface area contributed by atoms with Gasteiger partial charge in [0.15, 0.2) is 0 Å². The van der Waals surface area contributed by atoms with E-state index in [2.05, 4.69) is 49.1 Å². The zero-order chi connectivity index (χ0) is 40.9. The number of sulfonamides is 1. The molecule has 2 saturated heterocycles. The molecule has 2 aliphatic heterocycles. The summed E-state index contributed by atoms with van der Waals surface area (Å²) < 4.78 is 41.2. The molecule has 0 bridgehead atoms. The highest BCUT2D eigenvalue weighted by atomic mass is 35.5. The molecule has 6 aromatic rings. The summed E-state index contributed by atoms with van der Waals surface area (Å²) in [7, 11) is -4.55. The zero-order valence-electron chi connectivity index (χ0n) is 32.1. The summed E-state index contributed by atoms with van der Waals surface area (Å²) in [5.41, 5.74) is 3.77. The smallest absolute Gasteiger partial charge is 0.293 e. The van der Waals surface area contributed by atoms with Gasteiger partial charge in [-0.1, -0.05) is 54.1 Å². The van der Waals surface area contributed by atoms with Crippen LogP contribution in [0.3, 0.4) is 0 Å². The maximum Gasteiger partial charge on any atom is 0.293 e. The van der Waals surface area contributed by atoms with Gasteiger partial charge in [-0.3, -0.25) is 19.8 Å². The number of hydrogen-bond donors (Lipinski definition) is 3. The van der Waals surface area contributed by atoms with Crippen molar-refractivity contribution in [1.29, 1.82) is 0 Å². The fourth-order valence-corrected chi connectivity index (χ4v) is 8.87. The Bertz CT molecular complexity index is 2560. The van der Waals surface area contributed by atoms with Gasteiger partial charge in [0.05, 0.1) is 21.4 Å². The number of fused-ring (bicyclic) bond motifs is 1. The summed E-state index contributed by atoms with van der Waals surface area (Å²) in [4.78, 5) is 32.7. The lowest BCUT2D eigenvalue weighted by atomic mass is 9.96. The van der Waals surface area contributed by atoms with Crippen LogP contribution in [0, 0.1) is 16.0 Å². The number of anilines is 2.